The monoisotopic (exact) mass is 334 g/mol. The molecule has 126 valence electrons. The van der Waals surface area contributed by atoms with Crippen molar-refractivity contribution in [2.24, 2.45) is 0 Å². The summed E-state index contributed by atoms with van der Waals surface area (Å²) in [4.78, 5) is 19.1. The molecule has 0 spiro atoms. The number of pyridine rings is 1. The molecule has 5 nitrogen and oxygen atoms in total. The van der Waals surface area contributed by atoms with Crippen molar-refractivity contribution in [1.29, 1.82) is 0 Å². The number of rotatable bonds is 1. The number of carbonyl (C=O) groups is 1. The molecule has 4 rings (SSSR count). The van der Waals surface area contributed by atoms with Crippen molar-refractivity contribution in [3.8, 4) is 11.5 Å². The number of amides is 1. The van der Waals surface area contributed by atoms with Crippen LogP contribution in [0.1, 0.15) is 35.8 Å². The van der Waals surface area contributed by atoms with E-state index in [9.17, 15) is 9.90 Å². The molecule has 3 aromatic rings. The third-order valence-electron chi connectivity index (χ3n) is 4.68. The molecule has 0 saturated carbocycles. The molecular weight excluding hydrogens is 316 g/mol. The zero-order valence-electron chi connectivity index (χ0n) is 14.0. The molecule has 0 bridgehead atoms. The minimum Gasteiger partial charge on any atom is -0.507 e. The van der Waals surface area contributed by atoms with Gasteiger partial charge in [0.05, 0.1) is 11.6 Å². The number of para-hydroxylation sites is 1. The standard InChI is InChI=1S/C20H18N2O3/c1-12-15-10-9-14-6-5-11-21-18(14)19(15)25-13(2)22(12)20(24)16-7-3-4-8-17(16)23/h3-13,23H,1-2H3/t12-,13-/m1/s1. The predicted octanol–water partition coefficient (Wildman–Crippen LogP) is 3.88. The van der Waals surface area contributed by atoms with Gasteiger partial charge in [0.15, 0.2) is 12.0 Å². The van der Waals surface area contributed by atoms with Gasteiger partial charge in [-0.25, -0.2) is 0 Å². The number of aromatic hydroxyl groups is 1. The Hall–Kier alpha value is -3.08. The fraction of sp³-hybridized carbons (Fsp3) is 0.200. The van der Waals surface area contributed by atoms with E-state index in [1.54, 1.807) is 29.3 Å². The Balaban J connectivity index is 1.80. The number of aromatic nitrogens is 1. The first kappa shape index (κ1) is 15.4. The van der Waals surface area contributed by atoms with Gasteiger partial charge in [-0.2, -0.15) is 0 Å². The van der Waals surface area contributed by atoms with E-state index in [4.69, 9.17) is 4.74 Å². The number of benzene rings is 2. The van der Waals surface area contributed by atoms with Crippen LogP contribution in [0, 0.1) is 0 Å². The summed E-state index contributed by atoms with van der Waals surface area (Å²) in [5, 5.41) is 11.0. The molecule has 25 heavy (non-hydrogen) atoms. The number of fused-ring (bicyclic) bond motifs is 3. The second kappa shape index (κ2) is 5.77. The summed E-state index contributed by atoms with van der Waals surface area (Å²) in [6.45, 7) is 3.80. The molecule has 0 fully saturated rings. The topological polar surface area (TPSA) is 62.7 Å². The van der Waals surface area contributed by atoms with Crippen molar-refractivity contribution in [2.45, 2.75) is 26.1 Å². The molecule has 0 unspecified atom stereocenters. The van der Waals surface area contributed by atoms with Crippen LogP contribution < -0.4 is 4.74 Å². The summed E-state index contributed by atoms with van der Waals surface area (Å²) in [6, 6.07) is 14.2. The van der Waals surface area contributed by atoms with Crippen molar-refractivity contribution < 1.29 is 14.6 Å². The van der Waals surface area contributed by atoms with Gasteiger partial charge in [0.1, 0.15) is 11.3 Å². The quantitative estimate of drug-likeness (QED) is 0.733. The van der Waals surface area contributed by atoms with Crippen LogP contribution in [0.3, 0.4) is 0 Å². The van der Waals surface area contributed by atoms with Gasteiger partial charge in [0, 0.05) is 17.1 Å². The van der Waals surface area contributed by atoms with E-state index in [0.29, 0.717) is 0 Å². The maximum absolute atomic E-state index is 13.0. The van der Waals surface area contributed by atoms with Crippen LogP contribution in [-0.2, 0) is 0 Å². The average Bonchev–Trinajstić information content (AvgIpc) is 2.62. The highest BCUT2D eigenvalue weighted by molar-refractivity contribution is 5.97. The smallest absolute Gasteiger partial charge is 0.260 e. The molecule has 0 radical (unpaired) electrons. The first-order chi connectivity index (χ1) is 12.1. The number of nitrogens with zero attached hydrogens (tertiary/aromatic N) is 2. The van der Waals surface area contributed by atoms with Crippen LogP contribution in [0.5, 0.6) is 11.5 Å². The summed E-state index contributed by atoms with van der Waals surface area (Å²) < 4.78 is 6.07. The van der Waals surface area contributed by atoms with Gasteiger partial charge in [-0.05, 0) is 32.0 Å². The van der Waals surface area contributed by atoms with E-state index in [0.717, 1.165) is 22.2 Å². The van der Waals surface area contributed by atoms with Gasteiger partial charge in [0.2, 0.25) is 0 Å². The van der Waals surface area contributed by atoms with Crippen LogP contribution in [0.2, 0.25) is 0 Å². The molecular formula is C20H18N2O3. The summed E-state index contributed by atoms with van der Waals surface area (Å²) in [6.07, 6.45) is 1.27. The second-order valence-electron chi connectivity index (χ2n) is 6.18. The Kier molecular flexibility index (Phi) is 3.57. The Bertz CT molecular complexity index is 970. The van der Waals surface area contributed by atoms with E-state index in [1.165, 1.54) is 6.07 Å². The third kappa shape index (κ3) is 2.39. The first-order valence-electron chi connectivity index (χ1n) is 8.23. The summed E-state index contributed by atoms with van der Waals surface area (Å²) >= 11 is 0. The molecule has 1 aliphatic heterocycles. The van der Waals surface area contributed by atoms with E-state index in [-0.39, 0.29) is 23.3 Å². The molecule has 5 heteroatoms. The van der Waals surface area contributed by atoms with Crippen molar-refractivity contribution in [2.75, 3.05) is 0 Å². The van der Waals surface area contributed by atoms with E-state index >= 15 is 0 Å². The number of phenols is 1. The maximum Gasteiger partial charge on any atom is 0.260 e. The lowest BCUT2D eigenvalue weighted by Gasteiger charge is -2.40. The van der Waals surface area contributed by atoms with Gasteiger partial charge in [-0.3, -0.25) is 14.7 Å². The fourth-order valence-electron chi connectivity index (χ4n) is 3.41. The first-order valence-corrected chi connectivity index (χ1v) is 8.23. The SMILES string of the molecule is C[C@@H]1c2ccc3cccnc3c2O[C@H](C)N1C(=O)c1ccccc1O. The lowest BCUT2D eigenvalue weighted by atomic mass is 9.99. The summed E-state index contributed by atoms with van der Waals surface area (Å²) in [7, 11) is 0. The van der Waals surface area contributed by atoms with Crippen LogP contribution in [-0.4, -0.2) is 27.1 Å². The van der Waals surface area contributed by atoms with Crippen LogP contribution in [0.25, 0.3) is 10.9 Å². The summed E-state index contributed by atoms with van der Waals surface area (Å²) in [5.41, 5.74) is 1.98. The molecule has 1 aromatic heterocycles. The molecule has 1 amide bonds. The maximum atomic E-state index is 13.0. The molecule has 1 N–H and O–H groups in total. The van der Waals surface area contributed by atoms with Gasteiger partial charge < -0.3 is 9.84 Å². The van der Waals surface area contributed by atoms with Crippen LogP contribution in [0.15, 0.2) is 54.7 Å². The molecule has 0 saturated heterocycles. The number of ether oxygens (including phenoxy) is 1. The molecule has 2 heterocycles. The van der Waals surface area contributed by atoms with Gasteiger partial charge in [-0.1, -0.05) is 30.3 Å². The zero-order chi connectivity index (χ0) is 17.6. The third-order valence-corrected chi connectivity index (χ3v) is 4.68. The lowest BCUT2D eigenvalue weighted by Crippen LogP contribution is -2.46. The molecule has 0 aliphatic carbocycles. The Morgan fingerprint density at radius 2 is 1.92 bits per heavy atom. The highest BCUT2D eigenvalue weighted by Crippen LogP contribution is 2.41. The van der Waals surface area contributed by atoms with Crippen LogP contribution in [0.4, 0.5) is 0 Å². The zero-order valence-corrected chi connectivity index (χ0v) is 14.0. The fourth-order valence-corrected chi connectivity index (χ4v) is 3.41. The van der Waals surface area contributed by atoms with Crippen molar-refractivity contribution in [3.63, 3.8) is 0 Å². The predicted molar refractivity (Wildman–Crippen MR) is 94.5 cm³/mol. The van der Waals surface area contributed by atoms with Crippen molar-refractivity contribution in [3.05, 3.63) is 65.9 Å². The van der Waals surface area contributed by atoms with E-state index in [2.05, 4.69) is 4.98 Å². The van der Waals surface area contributed by atoms with Crippen LogP contribution >= 0.6 is 0 Å². The number of phenolic OH excluding ortho intramolecular Hbond substituents is 1. The second-order valence-corrected chi connectivity index (χ2v) is 6.18. The highest BCUT2D eigenvalue weighted by atomic mass is 16.5. The number of hydrogen-bond donors (Lipinski definition) is 1. The van der Waals surface area contributed by atoms with E-state index < -0.39 is 6.23 Å². The minimum atomic E-state index is -0.470. The molecule has 2 atom stereocenters. The van der Waals surface area contributed by atoms with Gasteiger partial charge in [0.25, 0.3) is 5.91 Å². The van der Waals surface area contributed by atoms with Gasteiger partial charge >= 0.3 is 0 Å². The Labute approximate surface area is 145 Å². The normalized spacial score (nSPS) is 19.4. The van der Waals surface area contributed by atoms with E-state index in [1.807, 2.05) is 38.1 Å². The Morgan fingerprint density at radius 1 is 1.12 bits per heavy atom. The average molecular weight is 334 g/mol. The lowest BCUT2D eigenvalue weighted by molar-refractivity contribution is -0.000923. The largest absolute Gasteiger partial charge is 0.507 e. The molecule has 2 aromatic carbocycles. The molecule has 1 aliphatic rings. The number of carbonyl (C=O) groups excluding carboxylic acids is 1. The van der Waals surface area contributed by atoms with Crippen molar-refractivity contribution >= 4 is 16.8 Å². The minimum absolute atomic E-state index is 0.0297. The Morgan fingerprint density at radius 3 is 2.72 bits per heavy atom. The van der Waals surface area contributed by atoms with Gasteiger partial charge in [-0.15, -0.1) is 0 Å². The van der Waals surface area contributed by atoms with Crippen molar-refractivity contribution in [1.82, 2.24) is 9.88 Å². The highest BCUT2D eigenvalue weighted by Gasteiger charge is 2.36. The number of hydrogen-bond acceptors (Lipinski definition) is 4. The summed E-state index contributed by atoms with van der Waals surface area (Å²) in [5.74, 6) is 0.433.